The largest absolute Gasteiger partial charge is 0.316 e. The van der Waals surface area contributed by atoms with Gasteiger partial charge in [-0.1, -0.05) is 6.92 Å². The van der Waals surface area contributed by atoms with Crippen LogP contribution in [0.1, 0.15) is 31.7 Å². The Morgan fingerprint density at radius 2 is 2.24 bits per heavy atom. The van der Waals surface area contributed by atoms with Gasteiger partial charge in [0.05, 0.1) is 0 Å². The molecule has 0 bridgehead atoms. The van der Waals surface area contributed by atoms with Gasteiger partial charge in [-0.3, -0.25) is 14.5 Å². The monoisotopic (exact) mass is 341 g/mol. The number of piperidine rings is 1. The lowest BCUT2D eigenvalue weighted by Crippen LogP contribution is -2.34. The van der Waals surface area contributed by atoms with Crippen LogP contribution in [0.15, 0.2) is 36.8 Å². The van der Waals surface area contributed by atoms with Gasteiger partial charge in [0.2, 0.25) is 5.91 Å². The molecular weight excluding hydrogens is 314 g/mol. The molecule has 0 saturated carbocycles. The molecule has 1 saturated heterocycles. The van der Waals surface area contributed by atoms with Gasteiger partial charge in [-0.15, -0.1) is 0 Å². The first-order valence-corrected chi connectivity index (χ1v) is 9.13. The molecule has 3 rings (SSSR count). The van der Waals surface area contributed by atoms with Crippen molar-refractivity contribution >= 4 is 11.7 Å². The zero-order chi connectivity index (χ0) is 17.5. The van der Waals surface area contributed by atoms with Gasteiger partial charge in [0.1, 0.15) is 0 Å². The van der Waals surface area contributed by atoms with E-state index in [-0.39, 0.29) is 5.91 Å². The van der Waals surface area contributed by atoms with E-state index in [0.29, 0.717) is 24.1 Å². The molecule has 0 aromatic carbocycles. The minimum atomic E-state index is 0.0532. The zero-order valence-electron chi connectivity index (χ0n) is 14.8. The van der Waals surface area contributed by atoms with Crippen LogP contribution in [0.5, 0.6) is 0 Å². The predicted molar refractivity (Wildman–Crippen MR) is 98.2 cm³/mol. The lowest BCUT2D eigenvalue weighted by molar-refractivity contribution is -0.117. The fourth-order valence-electron chi connectivity index (χ4n) is 3.36. The van der Waals surface area contributed by atoms with Crippen LogP contribution in [-0.2, 0) is 17.8 Å². The normalized spacial score (nSPS) is 18.7. The number of aromatic nitrogens is 3. The van der Waals surface area contributed by atoms with E-state index in [9.17, 15) is 4.79 Å². The summed E-state index contributed by atoms with van der Waals surface area (Å²) in [5.41, 5.74) is 1.23. The van der Waals surface area contributed by atoms with E-state index in [1.807, 2.05) is 29.1 Å². The van der Waals surface area contributed by atoms with Crippen LogP contribution in [-0.4, -0.2) is 33.8 Å². The number of anilines is 1. The van der Waals surface area contributed by atoms with Gasteiger partial charge in [0.25, 0.3) is 0 Å². The third-order valence-electron chi connectivity index (χ3n) is 4.93. The molecule has 0 spiro atoms. The number of nitrogens with one attached hydrogen (secondary N) is 2. The number of rotatable bonds is 7. The predicted octanol–water partition coefficient (Wildman–Crippen LogP) is 2.49. The summed E-state index contributed by atoms with van der Waals surface area (Å²) in [7, 11) is 0. The van der Waals surface area contributed by atoms with Gasteiger partial charge < -0.3 is 10.6 Å². The Morgan fingerprint density at radius 3 is 3.00 bits per heavy atom. The van der Waals surface area contributed by atoms with Crippen molar-refractivity contribution in [1.29, 1.82) is 0 Å². The molecule has 6 nitrogen and oxygen atoms in total. The first kappa shape index (κ1) is 17.6. The fourth-order valence-corrected chi connectivity index (χ4v) is 3.36. The van der Waals surface area contributed by atoms with Crippen molar-refractivity contribution in [1.82, 2.24) is 20.1 Å². The molecule has 0 aliphatic carbocycles. The highest BCUT2D eigenvalue weighted by Crippen LogP contribution is 2.22. The second-order valence-electron chi connectivity index (χ2n) is 6.91. The fraction of sp³-hybridized carbons (Fsp3) is 0.526. The van der Waals surface area contributed by atoms with E-state index in [1.54, 1.807) is 12.4 Å². The Morgan fingerprint density at radius 1 is 1.40 bits per heavy atom. The molecule has 2 atom stereocenters. The van der Waals surface area contributed by atoms with Crippen LogP contribution in [0, 0.1) is 11.8 Å². The number of aryl methyl sites for hydroxylation is 2. The number of pyridine rings is 1. The maximum Gasteiger partial charge on any atom is 0.225 e. The molecule has 134 valence electrons. The minimum absolute atomic E-state index is 0.0532. The third-order valence-corrected chi connectivity index (χ3v) is 4.93. The number of carbonyl (C=O) groups excluding carboxylic acids is 1. The standard InChI is InChI=1S/C19H27N5O/c1-15(17-3-2-8-21-14-17)13-19(25)22-18-7-12-24(23-18)11-6-16-4-9-20-10-5-16/h4-5,7,9-10,12,15,17,21H,2-3,6,8,11,13-14H2,1H3,(H,22,23,25). The molecule has 1 aliphatic rings. The maximum atomic E-state index is 12.3. The molecule has 2 aromatic rings. The van der Waals surface area contributed by atoms with Crippen molar-refractivity contribution in [3.8, 4) is 0 Å². The zero-order valence-corrected chi connectivity index (χ0v) is 14.8. The summed E-state index contributed by atoms with van der Waals surface area (Å²) in [5.74, 6) is 1.67. The molecule has 6 heteroatoms. The van der Waals surface area contributed by atoms with Gasteiger partial charge in [-0.2, -0.15) is 5.10 Å². The lowest BCUT2D eigenvalue weighted by Gasteiger charge is -2.27. The molecule has 25 heavy (non-hydrogen) atoms. The average Bonchev–Trinajstić information content (AvgIpc) is 3.08. The Kier molecular flexibility index (Phi) is 6.17. The molecule has 2 unspecified atom stereocenters. The van der Waals surface area contributed by atoms with Crippen molar-refractivity contribution in [2.75, 3.05) is 18.4 Å². The van der Waals surface area contributed by atoms with Crippen molar-refractivity contribution in [3.05, 3.63) is 42.4 Å². The number of nitrogens with zero attached hydrogens (tertiary/aromatic N) is 3. The van der Waals surface area contributed by atoms with Crippen LogP contribution in [0.2, 0.25) is 0 Å². The smallest absolute Gasteiger partial charge is 0.225 e. The topological polar surface area (TPSA) is 71.8 Å². The average molecular weight is 341 g/mol. The Balaban J connectivity index is 1.44. The summed E-state index contributed by atoms with van der Waals surface area (Å²) < 4.78 is 1.87. The van der Waals surface area contributed by atoms with E-state index in [4.69, 9.17) is 0 Å². The molecule has 1 amide bonds. The van der Waals surface area contributed by atoms with Crippen LogP contribution < -0.4 is 10.6 Å². The van der Waals surface area contributed by atoms with Gasteiger partial charge in [-0.05, 0) is 61.9 Å². The van der Waals surface area contributed by atoms with Crippen molar-refractivity contribution in [2.45, 2.75) is 39.2 Å². The van der Waals surface area contributed by atoms with E-state index >= 15 is 0 Å². The summed E-state index contributed by atoms with van der Waals surface area (Å²) in [6, 6.07) is 5.87. The lowest BCUT2D eigenvalue weighted by atomic mass is 9.85. The van der Waals surface area contributed by atoms with E-state index < -0.39 is 0 Å². The van der Waals surface area contributed by atoms with Crippen molar-refractivity contribution in [3.63, 3.8) is 0 Å². The maximum absolute atomic E-state index is 12.3. The third kappa shape index (κ3) is 5.39. The van der Waals surface area contributed by atoms with E-state index in [2.05, 4.69) is 27.6 Å². The molecular formula is C19H27N5O. The van der Waals surface area contributed by atoms with Crippen LogP contribution in [0.25, 0.3) is 0 Å². The highest BCUT2D eigenvalue weighted by molar-refractivity contribution is 5.89. The van der Waals surface area contributed by atoms with E-state index in [0.717, 1.165) is 26.1 Å². The number of carbonyl (C=O) groups is 1. The molecule has 2 N–H and O–H groups in total. The second-order valence-corrected chi connectivity index (χ2v) is 6.91. The van der Waals surface area contributed by atoms with Gasteiger partial charge in [0.15, 0.2) is 5.82 Å². The van der Waals surface area contributed by atoms with Gasteiger partial charge >= 0.3 is 0 Å². The Bertz CT molecular complexity index is 663. The van der Waals surface area contributed by atoms with Gasteiger partial charge in [0, 0.05) is 37.6 Å². The molecule has 1 fully saturated rings. The Labute approximate surface area is 149 Å². The summed E-state index contributed by atoms with van der Waals surface area (Å²) in [6.45, 7) is 5.08. The minimum Gasteiger partial charge on any atom is -0.316 e. The van der Waals surface area contributed by atoms with Crippen molar-refractivity contribution < 1.29 is 4.79 Å². The highest BCUT2D eigenvalue weighted by Gasteiger charge is 2.22. The number of hydrogen-bond acceptors (Lipinski definition) is 4. The summed E-state index contributed by atoms with van der Waals surface area (Å²) in [5, 5.41) is 10.8. The first-order chi connectivity index (χ1) is 12.2. The Hall–Kier alpha value is -2.21. The van der Waals surface area contributed by atoms with Crippen LogP contribution in [0.4, 0.5) is 5.82 Å². The van der Waals surface area contributed by atoms with Gasteiger partial charge in [-0.25, -0.2) is 0 Å². The first-order valence-electron chi connectivity index (χ1n) is 9.13. The van der Waals surface area contributed by atoms with Crippen molar-refractivity contribution in [2.24, 2.45) is 11.8 Å². The van der Waals surface area contributed by atoms with Crippen LogP contribution >= 0.6 is 0 Å². The second kappa shape index (κ2) is 8.76. The summed E-state index contributed by atoms with van der Waals surface area (Å²) in [6.07, 6.45) is 9.37. The highest BCUT2D eigenvalue weighted by atomic mass is 16.1. The summed E-state index contributed by atoms with van der Waals surface area (Å²) in [4.78, 5) is 16.3. The quantitative estimate of drug-likeness (QED) is 0.812. The molecule has 3 heterocycles. The van der Waals surface area contributed by atoms with Crippen LogP contribution in [0.3, 0.4) is 0 Å². The SMILES string of the molecule is CC(CC(=O)Nc1ccn(CCc2ccncc2)n1)C1CCCNC1. The summed E-state index contributed by atoms with van der Waals surface area (Å²) >= 11 is 0. The molecule has 0 radical (unpaired) electrons. The van der Waals surface area contributed by atoms with E-state index in [1.165, 1.54) is 18.4 Å². The number of hydrogen-bond donors (Lipinski definition) is 2. The molecule has 2 aromatic heterocycles. The molecule has 1 aliphatic heterocycles. The number of amides is 1.